The third kappa shape index (κ3) is 3.49. The molecule has 0 bridgehead atoms. The van der Waals surface area contributed by atoms with Crippen LogP contribution < -0.4 is 11.1 Å². The van der Waals surface area contributed by atoms with Crippen molar-refractivity contribution < 1.29 is 0 Å². The third-order valence-corrected chi connectivity index (χ3v) is 2.53. The number of nitrogens with zero attached hydrogens (tertiary/aromatic N) is 3. The van der Waals surface area contributed by atoms with Crippen molar-refractivity contribution in [3.8, 4) is 11.1 Å². The van der Waals surface area contributed by atoms with Crippen molar-refractivity contribution in [3.63, 3.8) is 0 Å². The molecule has 0 aliphatic rings. The van der Waals surface area contributed by atoms with E-state index in [4.69, 9.17) is 5.73 Å². The lowest BCUT2D eigenvalue weighted by Crippen LogP contribution is -2.19. The van der Waals surface area contributed by atoms with Crippen LogP contribution in [0.3, 0.4) is 0 Å². The number of pyridine rings is 1. The highest BCUT2D eigenvalue weighted by Crippen LogP contribution is 2.15. The van der Waals surface area contributed by atoms with E-state index in [9.17, 15) is 0 Å². The van der Waals surface area contributed by atoms with Gasteiger partial charge in [-0.15, -0.1) is 0 Å². The molecule has 0 aromatic carbocycles. The molecule has 18 heavy (non-hydrogen) atoms. The van der Waals surface area contributed by atoms with E-state index in [1.54, 1.807) is 24.8 Å². The minimum atomic E-state index is 0.187. The molecule has 5 heteroatoms. The minimum Gasteiger partial charge on any atom is -0.354 e. The summed E-state index contributed by atoms with van der Waals surface area (Å²) in [6.07, 6.45) is 8.01. The molecule has 0 spiro atoms. The molecular formula is C13H17N5. The number of rotatable bonds is 5. The summed E-state index contributed by atoms with van der Waals surface area (Å²) < 4.78 is 0. The number of hydrogen-bond acceptors (Lipinski definition) is 5. The molecule has 1 atom stereocenters. The van der Waals surface area contributed by atoms with Crippen molar-refractivity contribution in [2.24, 2.45) is 5.73 Å². The number of nitrogens with one attached hydrogen (secondary N) is 1. The fraction of sp³-hybridized carbons (Fsp3) is 0.308. The Balaban J connectivity index is 1.98. The SMILES string of the molecule is CC(N)CCNc1ncc(-c2cccnc2)cn1. The maximum Gasteiger partial charge on any atom is 0.222 e. The van der Waals surface area contributed by atoms with Crippen LogP contribution in [-0.2, 0) is 0 Å². The molecule has 0 saturated heterocycles. The van der Waals surface area contributed by atoms with Crippen LogP contribution in [0.5, 0.6) is 0 Å². The zero-order valence-electron chi connectivity index (χ0n) is 10.4. The lowest BCUT2D eigenvalue weighted by Gasteiger charge is -2.07. The fourth-order valence-corrected chi connectivity index (χ4v) is 1.51. The first-order valence-electron chi connectivity index (χ1n) is 5.97. The highest BCUT2D eigenvalue weighted by Gasteiger charge is 2.00. The maximum absolute atomic E-state index is 5.67. The molecule has 0 aliphatic heterocycles. The standard InChI is InChI=1S/C13H17N5/c1-10(14)4-6-16-13-17-8-12(9-18-13)11-3-2-5-15-7-11/h2-3,5,7-10H,4,6,14H2,1H3,(H,16,17,18). The second kappa shape index (κ2) is 6.07. The molecule has 3 N–H and O–H groups in total. The fourth-order valence-electron chi connectivity index (χ4n) is 1.51. The van der Waals surface area contributed by atoms with E-state index in [0.29, 0.717) is 5.95 Å². The molecule has 0 fully saturated rings. The summed E-state index contributed by atoms with van der Waals surface area (Å²) in [6, 6.07) is 4.06. The molecule has 2 heterocycles. The Bertz CT molecular complexity index is 467. The van der Waals surface area contributed by atoms with Gasteiger partial charge in [-0.2, -0.15) is 0 Å². The van der Waals surface area contributed by atoms with Crippen LogP contribution in [0.15, 0.2) is 36.9 Å². The van der Waals surface area contributed by atoms with Gasteiger partial charge in [0.15, 0.2) is 0 Å². The molecule has 2 aromatic rings. The van der Waals surface area contributed by atoms with E-state index in [2.05, 4.69) is 20.3 Å². The smallest absolute Gasteiger partial charge is 0.222 e. The van der Waals surface area contributed by atoms with E-state index in [-0.39, 0.29) is 6.04 Å². The number of anilines is 1. The number of nitrogens with two attached hydrogens (primary N) is 1. The van der Waals surface area contributed by atoms with Crippen LogP contribution in [0.25, 0.3) is 11.1 Å². The van der Waals surface area contributed by atoms with Crippen LogP contribution in [-0.4, -0.2) is 27.5 Å². The Labute approximate surface area is 106 Å². The van der Waals surface area contributed by atoms with Gasteiger partial charge >= 0.3 is 0 Å². The normalized spacial score (nSPS) is 12.1. The van der Waals surface area contributed by atoms with Gasteiger partial charge < -0.3 is 11.1 Å². The Morgan fingerprint density at radius 2 is 2.00 bits per heavy atom. The van der Waals surface area contributed by atoms with Gasteiger partial charge in [0.2, 0.25) is 5.95 Å². The topological polar surface area (TPSA) is 76.7 Å². The molecule has 94 valence electrons. The summed E-state index contributed by atoms with van der Waals surface area (Å²) in [6.45, 7) is 2.76. The van der Waals surface area contributed by atoms with Crippen LogP contribution in [0.4, 0.5) is 5.95 Å². The molecular weight excluding hydrogens is 226 g/mol. The zero-order chi connectivity index (χ0) is 12.8. The Kier molecular flexibility index (Phi) is 4.20. The van der Waals surface area contributed by atoms with Crippen molar-refractivity contribution in [3.05, 3.63) is 36.9 Å². The van der Waals surface area contributed by atoms with Crippen molar-refractivity contribution in [2.45, 2.75) is 19.4 Å². The maximum atomic E-state index is 5.67. The average Bonchev–Trinajstić information content (AvgIpc) is 2.40. The highest BCUT2D eigenvalue weighted by molar-refractivity contribution is 5.60. The second-order valence-corrected chi connectivity index (χ2v) is 4.23. The first-order chi connectivity index (χ1) is 8.75. The van der Waals surface area contributed by atoms with E-state index in [1.165, 1.54) is 0 Å². The quantitative estimate of drug-likeness (QED) is 0.835. The second-order valence-electron chi connectivity index (χ2n) is 4.23. The average molecular weight is 243 g/mol. The molecule has 0 radical (unpaired) electrons. The Hall–Kier alpha value is -2.01. The largest absolute Gasteiger partial charge is 0.354 e. The van der Waals surface area contributed by atoms with Gasteiger partial charge in [0, 0.05) is 48.5 Å². The number of aromatic nitrogens is 3. The van der Waals surface area contributed by atoms with E-state index in [0.717, 1.165) is 24.1 Å². The van der Waals surface area contributed by atoms with Crippen molar-refractivity contribution in [2.75, 3.05) is 11.9 Å². The molecule has 0 amide bonds. The van der Waals surface area contributed by atoms with Crippen molar-refractivity contribution in [1.29, 1.82) is 0 Å². The molecule has 1 unspecified atom stereocenters. The summed E-state index contributed by atoms with van der Waals surface area (Å²) in [5.74, 6) is 0.628. The van der Waals surface area contributed by atoms with Gasteiger partial charge in [0.1, 0.15) is 0 Å². The van der Waals surface area contributed by atoms with Gasteiger partial charge in [0.25, 0.3) is 0 Å². The minimum absolute atomic E-state index is 0.187. The molecule has 2 rings (SSSR count). The molecule has 0 aliphatic carbocycles. The summed E-state index contributed by atoms with van der Waals surface area (Å²) in [5.41, 5.74) is 7.64. The van der Waals surface area contributed by atoms with Crippen LogP contribution >= 0.6 is 0 Å². The molecule has 0 saturated carbocycles. The monoisotopic (exact) mass is 243 g/mol. The zero-order valence-corrected chi connectivity index (χ0v) is 10.4. The van der Waals surface area contributed by atoms with E-state index in [1.807, 2.05) is 19.1 Å². The lowest BCUT2D eigenvalue weighted by atomic mass is 10.2. The summed E-state index contributed by atoms with van der Waals surface area (Å²) in [5, 5.41) is 3.14. The van der Waals surface area contributed by atoms with Gasteiger partial charge in [-0.3, -0.25) is 4.98 Å². The Morgan fingerprint density at radius 3 is 2.61 bits per heavy atom. The van der Waals surface area contributed by atoms with Gasteiger partial charge in [0.05, 0.1) is 0 Å². The number of hydrogen-bond donors (Lipinski definition) is 2. The Morgan fingerprint density at radius 1 is 1.22 bits per heavy atom. The third-order valence-electron chi connectivity index (χ3n) is 2.53. The van der Waals surface area contributed by atoms with Gasteiger partial charge in [-0.05, 0) is 19.4 Å². The molecule has 2 aromatic heterocycles. The van der Waals surface area contributed by atoms with Crippen LogP contribution in [0.2, 0.25) is 0 Å². The summed E-state index contributed by atoms with van der Waals surface area (Å²) in [7, 11) is 0. The first-order valence-corrected chi connectivity index (χ1v) is 5.97. The summed E-state index contributed by atoms with van der Waals surface area (Å²) in [4.78, 5) is 12.6. The first kappa shape index (κ1) is 12.4. The predicted molar refractivity (Wildman–Crippen MR) is 72.0 cm³/mol. The van der Waals surface area contributed by atoms with E-state index < -0.39 is 0 Å². The van der Waals surface area contributed by atoms with Crippen molar-refractivity contribution in [1.82, 2.24) is 15.0 Å². The molecule has 5 nitrogen and oxygen atoms in total. The lowest BCUT2D eigenvalue weighted by molar-refractivity contribution is 0.688. The van der Waals surface area contributed by atoms with Crippen LogP contribution in [0, 0.1) is 0 Å². The van der Waals surface area contributed by atoms with Crippen molar-refractivity contribution >= 4 is 5.95 Å². The van der Waals surface area contributed by atoms with Gasteiger partial charge in [-0.25, -0.2) is 9.97 Å². The highest BCUT2D eigenvalue weighted by atomic mass is 15.1. The van der Waals surface area contributed by atoms with Crippen LogP contribution in [0.1, 0.15) is 13.3 Å². The summed E-state index contributed by atoms with van der Waals surface area (Å²) >= 11 is 0. The van der Waals surface area contributed by atoms with Gasteiger partial charge in [-0.1, -0.05) is 6.07 Å². The van der Waals surface area contributed by atoms with E-state index >= 15 is 0 Å². The predicted octanol–water partition coefficient (Wildman–Crippen LogP) is 1.69.